The maximum absolute atomic E-state index is 12.9. The van der Waals surface area contributed by atoms with Crippen LogP contribution in [0.5, 0.6) is 11.5 Å². The summed E-state index contributed by atoms with van der Waals surface area (Å²) in [6, 6.07) is 6.59. The third-order valence-corrected chi connectivity index (χ3v) is 4.98. The first-order valence-electron chi connectivity index (χ1n) is 9.20. The zero-order valence-electron chi connectivity index (χ0n) is 15.5. The molecule has 0 spiro atoms. The van der Waals surface area contributed by atoms with Gasteiger partial charge in [0.15, 0.2) is 11.5 Å². The van der Waals surface area contributed by atoms with Gasteiger partial charge in [0.05, 0.1) is 6.54 Å². The molecule has 1 aromatic heterocycles. The Labute approximate surface area is 161 Å². The quantitative estimate of drug-likeness (QED) is 0.819. The second kappa shape index (κ2) is 7.38. The number of nitrogens with zero attached hydrogens (tertiary/aromatic N) is 1. The van der Waals surface area contributed by atoms with E-state index in [0.717, 1.165) is 12.0 Å². The SMILES string of the molecule is Cc1ccn(Cc2ccc3c(c2)OCO3)c(=O)c1C(=O)NC1CCCNC1=O. The number of fused-ring (bicyclic) bond motifs is 1. The molecule has 0 radical (unpaired) electrons. The molecule has 1 saturated heterocycles. The van der Waals surface area contributed by atoms with Crippen molar-refractivity contribution in [3.63, 3.8) is 0 Å². The zero-order chi connectivity index (χ0) is 19.7. The monoisotopic (exact) mass is 383 g/mol. The molecule has 2 aromatic rings. The molecule has 4 rings (SSSR count). The summed E-state index contributed by atoms with van der Waals surface area (Å²) in [4.78, 5) is 37.6. The van der Waals surface area contributed by atoms with Crippen LogP contribution >= 0.6 is 0 Å². The minimum absolute atomic E-state index is 0.0571. The molecular formula is C20H21N3O5. The zero-order valence-corrected chi connectivity index (χ0v) is 15.5. The highest BCUT2D eigenvalue weighted by Crippen LogP contribution is 2.32. The Morgan fingerprint density at radius 2 is 2.07 bits per heavy atom. The van der Waals surface area contributed by atoms with Crippen LogP contribution in [0.25, 0.3) is 0 Å². The number of pyridine rings is 1. The van der Waals surface area contributed by atoms with Gasteiger partial charge in [0, 0.05) is 12.7 Å². The van der Waals surface area contributed by atoms with Crippen LogP contribution in [0.2, 0.25) is 0 Å². The first-order valence-corrected chi connectivity index (χ1v) is 9.20. The highest BCUT2D eigenvalue weighted by Gasteiger charge is 2.26. The number of hydrogen-bond acceptors (Lipinski definition) is 5. The van der Waals surface area contributed by atoms with Crippen LogP contribution in [0.3, 0.4) is 0 Å². The number of carbonyl (C=O) groups is 2. The minimum atomic E-state index is -0.609. The van der Waals surface area contributed by atoms with Crippen molar-refractivity contribution in [3.8, 4) is 11.5 Å². The number of ether oxygens (including phenoxy) is 2. The number of carbonyl (C=O) groups excluding carboxylic acids is 2. The maximum atomic E-state index is 12.9. The number of amides is 2. The molecule has 1 aromatic carbocycles. The Bertz CT molecular complexity index is 998. The van der Waals surface area contributed by atoms with Crippen molar-refractivity contribution in [2.75, 3.05) is 13.3 Å². The summed E-state index contributed by atoms with van der Waals surface area (Å²) in [6.07, 6.45) is 3.01. The van der Waals surface area contributed by atoms with Crippen LogP contribution in [0.15, 0.2) is 35.3 Å². The molecule has 0 aliphatic carbocycles. The average Bonchev–Trinajstić information content (AvgIpc) is 3.14. The summed E-state index contributed by atoms with van der Waals surface area (Å²) in [6.45, 7) is 2.79. The standard InChI is InChI=1S/C20H21N3O5/c1-12-6-8-23(10-13-4-5-15-16(9-13)28-11-27-15)20(26)17(12)19(25)22-14-3-2-7-21-18(14)24/h4-6,8-9,14H,2-3,7,10-11H2,1H3,(H,21,24)(H,22,25). The van der Waals surface area contributed by atoms with Gasteiger partial charge in [-0.25, -0.2) is 0 Å². The van der Waals surface area contributed by atoms with Crippen LogP contribution in [-0.4, -0.2) is 35.8 Å². The maximum Gasteiger partial charge on any atom is 0.263 e. The van der Waals surface area contributed by atoms with E-state index in [2.05, 4.69) is 10.6 Å². The van der Waals surface area contributed by atoms with Gasteiger partial charge in [-0.2, -0.15) is 0 Å². The molecule has 2 aliphatic rings. The summed E-state index contributed by atoms with van der Waals surface area (Å²) in [7, 11) is 0. The molecular weight excluding hydrogens is 362 g/mol. The van der Waals surface area contributed by atoms with Crippen molar-refractivity contribution in [3.05, 3.63) is 57.5 Å². The number of aryl methyl sites for hydroxylation is 1. The summed E-state index contributed by atoms with van der Waals surface area (Å²) < 4.78 is 12.1. The minimum Gasteiger partial charge on any atom is -0.454 e. The van der Waals surface area contributed by atoms with E-state index in [1.807, 2.05) is 12.1 Å². The van der Waals surface area contributed by atoms with Crippen LogP contribution in [0.4, 0.5) is 0 Å². The van der Waals surface area contributed by atoms with E-state index in [1.165, 1.54) is 4.57 Å². The number of aromatic nitrogens is 1. The third kappa shape index (κ3) is 3.45. The van der Waals surface area contributed by atoms with Crippen LogP contribution in [0, 0.1) is 6.92 Å². The number of hydrogen-bond donors (Lipinski definition) is 2. The number of benzene rings is 1. The van der Waals surface area contributed by atoms with Crippen molar-refractivity contribution in [1.82, 2.24) is 15.2 Å². The van der Waals surface area contributed by atoms with Gasteiger partial charge in [-0.15, -0.1) is 0 Å². The fraction of sp³-hybridized carbons (Fsp3) is 0.350. The predicted molar refractivity (Wildman–Crippen MR) is 101 cm³/mol. The summed E-state index contributed by atoms with van der Waals surface area (Å²) in [5.74, 6) is 0.572. The topological polar surface area (TPSA) is 98.7 Å². The van der Waals surface area contributed by atoms with Gasteiger partial charge in [0.2, 0.25) is 12.7 Å². The molecule has 28 heavy (non-hydrogen) atoms. The second-order valence-corrected chi connectivity index (χ2v) is 6.95. The lowest BCUT2D eigenvalue weighted by atomic mass is 10.1. The fourth-order valence-corrected chi connectivity index (χ4v) is 3.44. The van der Waals surface area contributed by atoms with Crippen LogP contribution < -0.4 is 25.7 Å². The van der Waals surface area contributed by atoms with Crippen LogP contribution in [0.1, 0.15) is 34.3 Å². The van der Waals surface area contributed by atoms with Gasteiger partial charge in [-0.1, -0.05) is 6.07 Å². The molecule has 2 aliphatic heterocycles. The Morgan fingerprint density at radius 3 is 2.89 bits per heavy atom. The van der Waals surface area contributed by atoms with E-state index in [4.69, 9.17) is 9.47 Å². The van der Waals surface area contributed by atoms with Gasteiger partial charge in [0.25, 0.3) is 11.5 Å². The second-order valence-electron chi connectivity index (χ2n) is 6.95. The molecule has 8 heteroatoms. The molecule has 1 unspecified atom stereocenters. The molecule has 3 heterocycles. The van der Waals surface area contributed by atoms with E-state index in [1.54, 1.807) is 25.3 Å². The first-order chi connectivity index (χ1) is 13.5. The van der Waals surface area contributed by atoms with Gasteiger partial charge >= 0.3 is 0 Å². The Morgan fingerprint density at radius 1 is 1.25 bits per heavy atom. The van der Waals surface area contributed by atoms with Gasteiger partial charge < -0.3 is 24.7 Å². The summed E-state index contributed by atoms with van der Waals surface area (Å²) in [5, 5.41) is 5.41. The molecule has 2 amide bonds. The van der Waals surface area contributed by atoms with Gasteiger partial charge in [0.1, 0.15) is 11.6 Å². The predicted octanol–water partition coefficient (Wildman–Crippen LogP) is 0.942. The van der Waals surface area contributed by atoms with Crippen molar-refractivity contribution < 1.29 is 19.1 Å². The molecule has 0 saturated carbocycles. The summed E-state index contributed by atoms with van der Waals surface area (Å²) >= 11 is 0. The highest BCUT2D eigenvalue weighted by molar-refractivity contribution is 5.98. The van der Waals surface area contributed by atoms with Gasteiger partial charge in [-0.05, 0) is 49.1 Å². The lowest BCUT2D eigenvalue weighted by Crippen LogP contribution is -2.51. The highest BCUT2D eigenvalue weighted by atomic mass is 16.7. The largest absolute Gasteiger partial charge is 0.454 e. The van der Waals surface area contributed by atoms with E-state index < -0.39 is 17.5 Å². The Kier molecular flexibility index (Phi) is 4.77. The molecule has 8 nitrogen and oxygen atoms in total. The van der Waals surface area contributed by atoms with Crippen molar-refractivity contribution >= 4 is 11.8 Å². The van der Waals surface area contributed by atoms with E-state index in [9.17, 15) is 14.4 Å². The van der Waals surface area contributed by atoms with Crippen molar-refractivity contribution in [2.24, 2.45) is 0 Å². The fourth-order valence-electron chi connectivity index (χ4n) is 3.44. The third-order valence-electron chi connectivity index (χ3n) is 4.98. The smallest absolute Gasteiger partial charge is 0.263 e. The van der Waals surface area contributed by atoms with E-state index in [0.29, 0.717) is 36.6 Å². The van der Waals surface area contributed by atoms with E-state index >= 15 is 0 Å². The number of piperidine rings is 1. The van der Waals surface area contributed by atoms with Crippen molar-refractivity contribution in [2.45, 2.75) is 32.4 Å². The molecule has 2 N–H and O–H groups in total. The molecule has 1 fully saturated rings. The Balaban J connectivity index is 1.58. The van der Waals surface area contributed by atoms with Gasteiger partial charge in [-0.3, -0.25) is 14.4 Å². The Hall–Kier alpha value is -3.29. The normalized spacial score (nSPS) is 17.9. The first kappa shape index (κ1) is 18.1. The van der Waals surface area contributed by atoms with E-state index in [-0.39, 0.29) is 18.3 Å². The molecule has 1 atom stereocenters. The number of nitrogens with one attached hydrogen (secondary N) is 2. The molecule has 0 bridgehead atoms. The summed E-state index contributed by atoms with van der Waals surface area (Å²) in [5.41, 5.74) is 1.09. The number of rotatable bonds is 4. The molecule has 146 valence electrons. The van der Waals surface area contributed by atoms with Crippen LogP contribution in [-0.2, 0) is 11.3 Å². The average molecular weight is 383 g/mol. The lowest BCUT2D eigenvalue weighted by Gasteiger charge is -2.23. The lowest BCUT2D eigenvalue weighted by molar-refractivity contribution is -0.124. The van der Waals surface area contributed by atoms with Crippen molar-refractivity contribution in [1.29, 1.82) is 0 Å².